The molecule has 2 heterocycles. The van der Waals surface area contributed by atoms with E-state index < -0.39 is 4.92 Å². The van der Waals surface area contributed by atoms with Crippen LogP contribution in [0.4, 0.5) is 17.2 Å². The van der Waals surface area contributed by atoms with Gasteiger partial charge in [0.2, 0.25) is 0 Å². The van der Waals surface area contributed by atoms with E-state index >= 15 is 0 Å². The van der Waals surface area contributed by atoms with E-state index in [-0.39, 0.29) is 11.8 Å². The lowest BCUT2D eigenvalue weighted by atomic mass is 10.2. The van der Waals surface area contributed by atoms with Crippen molar-refractivity contribution in [1.29, 1.82) is 0 Å². The minimum absolute atomic E-state index is 0.0378. The zero-order valence-corrected chi connectivity index (χ0v) is 12.5. The van der Waals surface area contributed by atoms with Gasteiger partial charge in [0.15, 0.2) is 0 Å². The highest BCUT2D eigenvalue weighted by Crippen LogP contribution is 2.22. The number of nitrogens with zero attached hydrogens (tertiary/aromatic N) is 2. The Hall–Kier alpha value is -2.67. The van der Waals surface area contributed by atoms with Gasteiger partial charge >= 0.3 is 0 Å². The number of hydrogen-bond acceptors (Lipinski definition) is 6. The molecule has 0 bridgehead atoms. The van der Waals surface area contributed by atoms with Crippen molar-refractivity contribution in [2.45, 2.75) is 18.9 Å². The van der Waals surface area contributed by atoms with Gasteiger partial charge in [-0.25, -0.2) is 4.98 Å². The minimum atomic E-state index is -0.476. The molecule has 1 aromatic carbocycles. The molecule has 1 aromatic heterocycles. The van der Waals surface area contributed by atoms with Gasteiger partial charge in [-0.1, -0.05) is 6.07 Å². The number of aromatic nitrogens is 1. The molecule has 0 radical (unpaired) electrons. The van der Waals surface area contributed by atoms with Gasteiger partial charge in [-0.05, 0) is 31.0 Å². The highest BCUT2D eigenvalue weighted by molar-refractivity contribution is 5.58. The van der Waals surface area contributed by atoms with E-state index in [9.17, 15) is 10.1 Å². The number of ether oxygens (including phenoxy) is 2. The van der Waals surface area contributed by atoms with Crippen molar-refractivity contribution in [3.05, 3.63) is 52.7 Å². The van der Waals surface area contributed by atoms with Crippen LogP contribution < -0.4 is 10.1 Å². The fourth-order valence-corrected chi connectivity index (χ4v) is 2.34. The highest BCUT2D eigenvalue weighted by atomic mass is 16.6. The van der Waals surface area contributed by atoms with Gasteiger partial charge in [0.05, 0.1) is 11.0 Å². The Morgan fingerprint density at radius 2 is 2.30 bits per heavy atom. The van der Waals surface area contributed by atoms with Crippen molar-refractivity contribution >= 4 is 17.2 Å². The number of rotatable bonds is 6. The van der Waals surface area contributed by atoms with Crippen LogP contribution in [-0.2, 0) is 4.74 Å². The Morgan fingerprint density at radius 3 is 3.00 bits per heavy atom. The van der Waals surface area contributed by atoms with Crippen LogP contribution in [0.15, 0.2) is 42.6 Å². The van der Waals surface area contributed by atoms with Crippen LogP contribution in [-0.4, -0.2) is 29.2 Å². The van der Waals surface area contributed by atoms with Crippen LogP contribution in [0.5, 0.6) is 5.75 Å². The molecular weight excluding hydrogens is 298 g/mol. The van der Waals surface area contributed by atoms with Crippen molar-refractivity contribution in [3.63, 3.8) is 0 Å². The Balaban J connectivity index is 1.61. The summed E-state index contributed by atoms with van der Waals surface area (Å²) in [4.78, 5) is 14.2. The smallest absolute Gasteiger partial charge is 0.287 e. The fourth-order valence-electron chi connectivity index (χ4n) is 2.34. The molecule has 7 nitrogen and oxygen atoms in total. The van der Waals surface area contributed by atoms with E-state index in [4.69, 9.17) is 9.47 Å². The van der Waals surface area contributed by atoms with E-state index in [1.807, 2.05) is 24.3 Å². The van der Waals surface area contributed by atoms with Crippen LogP contribution in [0.3, 0.4) is 0 Å². The summed E-state index contributed by atoms with van der Waals surface area (Å²) in [6.07, 6.45) is 3.51. The predicted molar refractivity (Wildman–Crippen MR) is 85.1 cm³/mol. The first-order valence-electron chi connectivity index (χ1n) is 7.42. The summed E-state index contributed by atoms with van der Waals surface area (Å²) >= 11 is 0. The van der Waals surface area contributed by atoms with Crippen LogP contribution in [0.1, 0.15) is 12.8 Å². The van der Waals surface area contributed by atoms with E-state index in [1.165, 1.54) is 12.3 Å². The normalized spacial score (nSPS) is 17.0. The van der Waals surface area contributed by atoms with Crippen LogP contribution in [0, 0.1) is 10.1 Å². The highest BCUT2D eigenvalue weighted by Gasteiger charge is 2.16. The first-order valence-corrected chi connectivity index (χ1v) is 7.42. The summed E-state index contributed by atoms with van der Waals surface area (Å²) in [5.41, 5.74) is 0.764. The molecule has 3 rings (SSSR count). The Bertz CT molecular complexity index is 669. The first kappa shape index (κ1) is 15.2. The molecule has 2 aromatic rings. The molecule has 23 heavy (non-hydrogen) atoms. The fraction of sp³-hybridized carbons (Fsp3) is 0.312. The van der Waals surface area contributed by atoms with E-state index in [1.54, 1.807) is 6.07 Å². The number of nitrogens with one attached hydrogen (secondary N) is 1. The van der Waals surface area contributed by atoms with Gasteiger partial charge in [-0.3, -0.25) is 10.1 Å². The van der Waals surface area contributed by atoms with Crippen molar-refractivity contribution < 1.29 is 14.4 Å². The molecule has 7 heteroatoms. The van der Waals surface area contributed by atoms with Crippen LogP contribution >= 0.6 is 0 Å². The number of pyridine rings is 1. The molecule has 120 valence electrons. The van der Waals surface area contributed by atoms with Crippen LogP contribution in [0.25, 0.3) is 0 Å². The molecule has 1 unspecified atom stereocenters. The number of anilines is 2. The third kappa shape index (κ3) is 4.17. The summed E-state index contributed by atoms with van der Waals surface area (Å²) < 4.78 is 11.3. The van der Waals surface area contributed by atoms with E-state index in [0.717, 1.165) is 30.9 Å². The maximum absolute atomic E-state index is 10.6. The number of nitro groups is 1. The second-order valence-electron chi connectivity index (χ2n) is 5.26. The molecule has 0 aliphatic carbocycles. The van der Waals surface area contributed by atoms with Crippen LogP contribution in [0.2, 0.25) is 0 Å². The summed E-state index contributed by atoms with van der Waals surface area (Å²) in [5.74, 6) is 1.28. The average molecular weight is 315 g/mol. The third-order valence-electron chi connectivity index (χ3n) is 3.53. The summed E-state index contributed by atoms with van der Waals surface area (Å²) in [6, 6.07) is 10.5. The Morgan fingerprint density at radius 1 is 1.39 bits per heavy atom. The topological polar surface area (TPSA) is 86.5 Å². The SMILES string of the molecule is O=[N+]([O-])c1ccc(Nc2cccc(OCC3CCCO3)c2)nc1. The zero-order chi connectivity index (χ0) is 16.1. The van der Waals surface area contributed by atoms with Gasteiger partial charge in [0.25, 0.3) is 5.69 Å². The lowest BCUT2D eigenvalue weighted by Gasteiger charge is -2.12. The average Bonchev–Trinajstić information content (AvgIpc) is 3.07. The molecular formula is C16H17N3O4. The zero-order valence-electron chi connectivity index (χ0n) is 12.5. The molecule has 1 aliphatic heterocycles. The molecule has 1 atom stereocenters. The first-order chi connectivity index (χ1) is 11.2. The second-order valence-corrected chi connectivity index (χ2v) is 5.26. The molecule has 0 spiro atoms. The quantitative estimate of drug-likeness (QED) is 0.650. The lowest BCUT2D eigenvalue weighted by Crippen LogP contribution is -2.16. The van der Waals surface area contributed by atoms with Crippen molar-refractivity contribution in [2.24, 2.45) is 0 Å². The number of benzene rings is 1. The lowest BCUT2D eigenvalue weighted by molar-refractivity contribution is -0.385. The van der Waals surface area contributed by atoms with Gasteiger partial charge < -0.3 is 14.8 Å². The maximum atomic E-state index is 10.6. The molecule has 1 aliphatic rings. The summed E-state index contributed by atoms with van der Waals surface area (Å²) in [5, 5.41) is 13.7. The van der Waals surface area contributed by atoms with Gasteiger partial charge in [-0.15, -0.1) is 0 Å². The maximum Gasteiger partial charge on any atom is 0.287 e. The summed E-state index contributed by atoms with van der Waals surface area (Å²) in [6.45, 7) is 1.35. The largest absolute Gasteiger partial charge is 0.491 e. The molecule has 1 saturated heterocycles. The molecule has 0 saturated carbocycles. The van der Waals surface area contributed by atoms with Gasteiger partial charge in [0.1, 0.15) is 24.4 Å². The number of hydrogen-bond donors (Lipinski definition) is 1. The van der Waals surface area contributed by atoms with Crippen molar-refractivity contribution in [1.82, 2.24) is 4.98 Å². The third-order valence-corrected chi connectivity index (χ3v) is 3.53. The minimum Gasteiger partial charge on any atom is -0.491 e. The monoisotopic (exact) mass is 315 g/mol. The Labute approximate surface area is 133 Å². The van der Waals surface area contributed by atoms with Crippen molar-refractivity contribution in [3.8, 4) is 5.75 Å². The molecule has 1 N–H and O–H groups in total. The second kappa shape index (κ2) is 7.06. The Kier molecular flexibility index (Phi) is 4.68. The van der Waals surface area contributed by atoms with Gasteiger partial charge in [-0.2, -0.15) is 0 Å². The standard InChI is InChI=1S/C16H17N3O4/c20-19(21)13-6-7-16(17-10-13)18-12-3-1-4-14(9-12)23-11-15-5-2-8-22-15/h1,3-4,6-7,9-10,15H,2,5,8,11H2,(H,17,18). The van der Waals surface area contributed by atoms with Gasteiger partial charge in [0, 0.05) is 24.4 Å². The van der Waals surface area contributed by atoms with E-state index in [2.05, 4.69) is 10.3 Å². The van der Waals surface area contributed by atoms with E-state index in [0.29, 0.717) is 12.4 Å². The van der Waals surface area contributed by atoms with Crippen molar-refractivity contribution in [2.75, 3.05) is 18.5 Å². The molecule has 0 amide bonds. The predicted octanol–water partition coefficient (Wildman–Crippen LogP) is 3.29. The molecule has 1 fully saturated rings. The summed E-state index contributed by atoms with van der Waals surface area (Å²) in [7, 11) is 0.